The molecule has 0 spiro atoms. The van der Waals surface area contributed by atoms with Gasteiger partial charge in [0.25, 0.3) is 0 Å². The van der Waals surface area contributed by atoms with Crippen LogP contribution in [0.15, 0.2) is 52.3 Å². The average molecular weight is 229 g/mol. The molecule has 2 heteroatoms. The number of hydrogen-bond donors (Lipinski definition) is 1. The first kappa shape index (κ1) is 11.1. The van der Waals surface area contributed by atoms with E-state index in [0.717, 1.165) is 0 Å². The molecule has 0 unspecified atom stereocenters. The standard InChI is InChI=1S/C13H11NS.CH4/c1-9-6-7-13-11(8-9)14-10-4-2-3-5-12(10)15-13;/h2-8,14H,1H3;1H4. The SMILES string of the molecule is C.Cc1ccc2c(c1)Nc1ccccc1S2. The van der Waals surface area contributed by atoms with Crippen LogP contribution in [0.4, 0.5) is 11.4 Å². The van der Waals surface area contributed by atoms with E-state index >= 15 is 0 Å². The minimum Gasteiger partial charge on any atom is -0.354 e. The zero-order valence-electron chi connectivity index (χ0n) is 8.45. The van der Waals surface area contributed by atoms with Crippen LogP contribution >= 0.6 is 11.8 Å². The van der Waals surface area contributed by atoms with Crippen LogP contribution in [0.2, 0.25) is 0 Å². The first-order valence-corrected chi connectivity index (χ1v) is 5.79. The molecule has 1 N–H and O–H groups in total. The Morgan fingerprint density at radius 2 is 1.69 bits per heavy atom. The maximum absolute atomic E-state index is 3.46. The van der Waals surface area contributed by atoms with Crippen LogP contribution in [0.25, 0.3) is 0 Å². The van der Waals surface area contributed by atoms with Gasteiger partial charge in [-0.3, -0.25) is 0 Å². The van der Waals surface area contributed by atoms with Gasteiger partial charge in [0.2, 0.25) is 0 Å². The fraction of sp³-hybridized carbons (Fsp3) is 0.143. The van der Waals surface area contributed by atoms with Gasteiger partial charge in [-0.2, -0.15) is 0 Å². The van der Waals surface area contributed by atoms with E-state index < -0.39 is 0 Å². The molecular formula is C14H15NS. The number of rotatable bonds is 0. The number of benzene rings is 2. The largest absolute Gasteiger partial charge is 0.354 e. The number of fused-ring (bicyclic) bond motifs is 2. The number of hydrogen-bond acceptors (Lipinski definition) is 2. The Balaban J connectivity index is 0.000000963. The highest BCUT2D eigenvalue weighted by Crippen LogP contribution is 2.43. The minimum absolute atomic E-state index is 0. The van der Waals surface area contributed by atoms with E-state index in [1.807, 2.05) is 11.8 Å². The lowest BCUT2D eigenvalue weighted by molar-refractivity contribution is 1.29. The summed E-state index contributed by atoms with van der Waals surface area (Å²) in [6.07, 6.45) is 0. The van der Waals surface area contributed by atoms with Crippen molar-refractivity contribution in [3.63, 3.8) is 0 Å². The van der Waals surface area contributed by atoms with Crippen molar-refractivity contribution < 1.29 is 0 Å². The van der Waals surface area contributed by atoms with Gasteiger partial charge in [0, 0.05) is 9.79 Å². The summed E-state index contributed by atoms with van der Waals surface area (Å²) >= 11 is 1.83. The van der Waals surface area contributed by atoms with Crippen molar-refractivity contribution in [2.45, 2.75) is 24.1 Å². The summed E-state index contributed by atoms with van der Waals surface area (Å²) < 4.78 is 0. The third kappa shape index (κ3) is 1.81. The molecule has 1 aliphatic heterocycles. The van der Waals surface area contributed by atoms with Crippen LogP contribution in [0.5, 0.6) is 0 Å². The summed E-state index contributed by atoms with van der Waals surface area (Å²) in [6, 6.07) is 14.9. The van der Waals surface area contributed by atoms with Crippen molar-refractivity contribution in [3.05, 3.63) is 48.0 Å². The lowest BCUT2D eigenvalue weighted by Gasteiger charge is -2.20. The smallest absolute Gasteiger partial charge is 0.0529 e. The second-order valence-electron chi connectivity index (χ2n) is 3.72. The van der Waals surface area contributed by atoms with Gasteiger partial charge >= 0.3 is 0 Å². The molecule has 3 rings (SSSR count). The Morgan fingerprint density at radius 1 is 0.938 bits per heavy atom. The van der Waals surface area contributed by atoms with E-state index in [2.05, 4.69) is 54.7 Å². The average Bonchev–Trinajstić information content (AvgIpc) is 2.26. The molecule has 1 nitrogen and oxygen atoms in total. The highest BCUT2D eigenvalue weighted by Gasteiger charge is 2.14. The maximum Gasteiger partial charge on any atom is 0.0529 e. The highest BCUT2D eigenvalue weighted by molar-refractivity contribution is 7.99. The maximum atomic E-state index is 3.46. The van der Waals surface area contributed by atoms with E-state index in [1.165, 1.54) is 26.7 Å². The molecule has 1 heterocycles. The number of aryl methyl sites for hydroxylation is 1. The van der Waals surface area contributed by atoms with E-state index in [-0.39, 0.29) is 7.43 Å². The molecule has 2 aromatic carbocycles. The van der Waals surface area contributed by atoms with Gasteiger partial charge in [0.1, 0.15) is 0 Å². The predicted molar refractivity (Wildman–Crippen MR) is 71.8 cm³/mol. The minimum atomic E-state index is 0. The van der Waals surface area contributed by atoms with Crippen molar-refractivity contribution in [2.24, 2.45) is 0 Å². The first-order chi connectivity index (χ1) is 7.33. The van der Waals surface area contributed by atoms with Crippen LogP contribution in [-0.4, -0.2) is 0 Å². The van der Waals surface area contributed by atoms with Gasteiger partial charge in [0.05, 0.1) is 11.4 Å². The molecule has 0 aliphatic carbocycles. The van der Waals surface area contributed by atoms with Crippen molar-refractivity contribution in [1.29, 1.82) is 0 Å². The molecule has 0 bridgehead atoms. The van der Waals surface area contributed by atoms with Crippen LogP contribution in [0, 0.1) is 6.92 Å². The number of nitrogens with one attached hydrogen (secondary N) is 1. The van der Waals surface area contributed by atoms with Crippen molar-refractivity contribution in [2.75, 3.05) is 5.32 Å². The number of para-hydroxylation sites is 1. The Labute approximate surface area is 101 Å². The zero-order valence-corrected chi connectivity index (χ0v) is 9.27. The molecule has 0 amide bonds. The van der Waals surface area contributed by atoms with E-state index in [0.29, 0.717) is 0 Å². The molecule has 0 radical (unpaired) electrons. The monoisotopic (exact) mass is 229 g/mol. The molecule has 0 atom stereocenters. The summed E-state index contributed by atoms with van der Waals surface area (Å²) in [5.41, 5.74) is 3.72. The highest BCUT2D eigenvalue weighted by atomic mass is 32.2. The predicted octanol–water partition coefficient (Wildman–Crippen LogP) is 4.84. The van der Waals surface area contributed by atoms with Crippen LogP contribution in [0.3, 0.4) is 0 Å². The lowest BCUT2D eigenvalue weighted by Crippen LogP contribution is -1.99. The van der Waals surface area contributed by atoms with Crippen molar-refractivity contribution in [1.82, 2.24) is 0 Å². The Morgan fingerprint density at radius 3 is 2.56 bits per heavy atom. The summed E-state index contributed by atoms with van der Waals surface area (Å²) in [5, 5.41) is 3.46. The van der Waals surface area contributed by atoms with Crippen molar-refractivity contribution >= 4 is 23.1 Å². The third-order valence-corrected chi connectivity index (χ3v) is 3.66. The second-order valence-corrected chi connectivity index (χ2v) is 4.81. The lowest BCUT2D eigenvalue weighted by atomic mass is 10.2. The Hall–Kier alpha value is -1.41. The molecule has 82 valence electrons. The summed E-state index contributed by atoms with van der Waals surface area (Å²) in [7, 11) is 0. The van der Waals surface area contributed by atoms with E-state index in [1.54, 1.807) is 0 Å². The molecular weight excluding hydrogens is 214 g/mol. The fourth-order valence-electron chi connectivity index (χ4n) is 1.75. The Kier molecular flexibility index (Phi) is 2.92. The van der Waals surface area contributed by atoms with Crippen LogP contribution < -0.4 is 5.32 Å². The van der Waals surface area contributed by atoms with Crippen LogP contribution in [0.1, 0.15) is 13.0 Å². The summed E-state index contributed by atoms with van der Waals surface area (Å²) in [4.78, 5) is 2.60. The van der Waals surface area contributed by atoms with Gasteiger partial charge in [-0.25, -0.2) is 0 Å². The van der Waals surface area contributed by atoms with Gasteiger partial charge in [-0.15, -0.1) is 0 Å². The Bertz CT molecular complexity index is 520. The van der Waals surface area contributed by atoms with Crippen molar-refractivity contribution in [3.8, 4) is 0 Å². The zero-order chi connectivity index (χ0) is 10.3. The van der Waals surface area contributed by atoms with Crippen LogP contribution in [-0.2, 0) is 0 Å². The molecule has 0 fully saturated rings. The quantitative estimate of drug-likeness (QED) is 0.592. The topological polar surface area (TPSA) is 12.0 Å². The third-order valence-electron chi connectivity index (χ3n) is 2.51. The molecule has 2 aromatic rings. The van der Waals surface area contributed by atoms with E-state index in [4.69, 9.17) is 0 Å². The fourth-order valence-corrected chi connectivity index (χ4v) is 2.72. The molecule has 0 saturated carbocycles. The molecule has 0 aromatic heterocycles. The second kappa shape index (κ2) is 4.22. The molecule has 0 saturated heterocycles. The van der Waals surface area contributed by atoms with E-state index in [9.17, 15) is 0 Å². The van der Waals surface area contributed by atoms with Gasteiger partial charge < -0.3 is 5.32 Å². The first-order valence-electron chi connectivity index (χ1n) is 4.97. The number of anilines is 2. The van der Waals surface area contributed by atoms with Gasteiger partial charge in [-0.05, 0) is 36.8 Å². The summed E-state index contributed by atoms with van der Waals surface area (Å²) in [5.74, 6) is 0. The summed E-state index contributed by atoms with van der Waals surface area (Å²) in [6.45, 7) is 2.12. The van der Waals surface area contributed by atoms with Gasteiger partial charge in [-0.1, -0.05) is 37.4 Å². The molecule has 1 aliphatic rings. The molecule has 16 heavy (non-hydrogen) atoms. The normalized spacial score (nSPS) is 11.8. The van der Waals surface area contributed by atoms with Gasteiger partial charge in [0.15, 0.2) is 0 Å².